The number of imide groups is 1. The molecule has 0 atom stereocenters. The number of anilines is 1. The Morgan fingerprint density at radius 2 is 1.58 bits per heavy atom. The molecule has 1 aromatic heterocycles. The van der Waals surface area contributed by atoms with Gasteiger partial charge in [0.15, 0.2) is 5.13 Å². The van der Waals surface area contributed by atoms with E-state index in [9.17, 15) is 14.4 Å². The third-order valence-corrected chi connectivity index (χ3v) is 4.76. The van der Waals surface area contributed by atoms with Crippen molar-refractivity contribution in [3.05, 3.63) is 71.1 Å². The fraction of sp³-hybridized carbons (Fsp3) is 0.0526. The maximum Gasteiger partial charge on any atom is 0.262 e. The number of amides is 3. The Kier molecular flexibility index (Phi) is 4.06. The van der Waals surface area contributed by atoms with E-state index in [2.05, 4.69) is 10.3 Å². The monoisotopic (exact) mass is 363 g/mol. The van der Waals surface area contributed by atoms with Crippen molar-refractivity contribution in [1.29, 1.82) is 0 Å². The molecule has 4 rings (SSSR count). The Balaban J connectivity index is 1.45. The number of carbonyl (C=O) groups excluding carboxylic acids is 3. The summed E-state index contributed by atoms with van der Waals surface area (Å²) < 4.78 is 0. The van der Waals surface area contributed by atoms with E-state index < -0.39 is 17.7 Å². The van der Waals surface area contributed by atoms with Crippen molar-refractivity contribution in [3.63, 3.8) is 0 Å². The van der Waals surface area contributed by atoms with Crippen molar-refractivity contribution in [3.8, 4) is 11.3 Å². The van der Waals surface area contributed by atoms with Crippen molar-refractivity contribution in [1.82, 2.24) is 9.88 Å². The summed E-state index contributed by atoms with van der Waals surface area (Å²) in [5, 5.41) is 4.91. The molecule has 0 unspecified atom stereocenters. The number of aromatic nitrogens is 1. The van der Waals surface area contributed by atoms with Gasteiger partial charge in [-0.2, -0.15) is 0 Å². The van der Waals surface area contributed by atoms with Crippen LogP contribution in [0.25, 0.3) is 11.3 Å². The summed E-state index contributed by atoms with van der Waals surface area (Å²) in [6.07, 6.45) is 0. The molecule has 1 N–H and O–H groups in total. The minimum Gasteiger partial charge on any atom is -0.300 e. The predicted molar refractivity (Wildman–Crippen MR) is 98.0 cm³/mol. The fourth-order valence-corrected chi connectivity index (χ4v) is 3.49. The topological polar surface area (TPSA) is 79.4 Å². The Hall–Kier alpha value is -3.32. The number of hydrogen-bond acceptors (Lipinski definition) is 5. The molecule has 3 amide bonds. The van der Waals surface area contributed by atoms with E-state index >= 15 is 0 Å². The molecule has 2 heterocycles. The van der Waals surface area contributed by atoms with Crippen LogP contribution in [0.4, 0.5) is 5.13 Å². The SMILES string of the molecule is O=C(CN1C(=O)c2ccccc2C1=O)Nc1nc(-c2ccccc2)cs1. The molecule has 26 heavy (non-hydrogen) atoms. The molecule has 3 aromatic rings. The van der Waals surface area contributed by atoms with Crippen LogP contribution in [0.15, 0.2) is 60.0 Å². The van der Waals surface area contributed by atoms with E-state index in [0.29, 0.717) is 16.3 Å². The smallest absolute Gasteiger partial charge is 0.262 e. The number of fused-ring (bicyclic) bond motifs is 1. The summed E-state index contributed by atoms with van der Waals surface area (Å²) in [7, 11) is 0. The van der Waals surface area contributed by atoms with Crippen molar-refractivity contribution in [2.45, 2.75) is 0 Å². The van der Waals surface area contributed by atoms with Gasteiger partial charge in [-0.3, -0.25) is 19.3 Å². The molecule has 0 radical (unpaired) electrons. The average Bonchev–Trinajstić information content (AvgIpc) is 3.22. The lowest BCUT2D eigenvalue weighted by Gasteiger charge is -2.12. The first-order valence-electron chi connectivity index (χ1n) is 7.89. The maximum absolute atomic E-state index is 12.3. The summed E-state index contributed by atoms with van der Waals surface area (Å²) in [6.45, 7) is -0.341. The lowest BCUT2D eigenvalue weighted by Crippen LogP contribution is -2.37. The highest BCUT2D eigenvalue weighted by molar-refractivity contribution is 7.14. The van der Waals surface area contributed by atoms with Crippen LogP contribution < -0.4 is 5.32 Å². The highest BCUT2D eigenvalue weighted by Gasteiger charge is 2.36. The van der Waals surface area contributed by atoms with Gasteiger partial charge in [0.05, 0.1) is 16.8 Å². The van der Waals surface area contributed by atoms with E-state index in [4.69, 9.17) is 0 Å². The number of hydrogen-bond donors (Lipinski definition) is 1. The van der Waals surface area contributed by atoms with Gasteiger partial charge in [-0.1, -0.05) is 42.5 Å². The molecule has 0 bridgehead atoms. The Morgan fingerprint density at radius 1 is 0.962 bits per heavy atom. The van der Waals surface area contributed by atoms with Crippen molar-refractivity contribution < 1.29 is 14.4 Å². The standard InChI is InChI=1S/C19H13N3O3S/c23-16(10-22-17(24)13-8-4-5-9-14(13)18(22)25)21-19-20-15(11-26-19)12-6-2-1-3-7-12/h1-9,11H,10H2,(H,20,21,23). The lowest BCUT2D eigenvalue weighted by atomic mass is 10.1. The maximum atomic E-state index is 12.3. The summed E-state index contributed by atoms with van der Waals surface area (Å²) in [4.78, 5) is 42.2. The highest BCUT2D eigenvalue weighted by Crippen LogP contribution is 2.25. The molecule has 6 nitrogen and oxygen atoms in total. The second-order valence-corrected chi connectivity index (χ2v) is 6.55. The van der Waals surface area contributed by atoms with Crippen LogP contribution in [-0.2, 0) is 4.79 Å². The molecule has 0 aliphatic carbocycles. The van der Waals surface area contributed by atoms with Gasteiger partial charge in [-0.05, 0) is 12.1 Å². The van der Waals surface area contributed by atoms with Gasteiger partial charge in [0.2, 0.25) is 5.91 Å². The van der Waals surface area contributed by atoms with Crippen LogP contribution in [-0.4, -0.2) is 34.2 Å². The van der Waals surface area contributed by atoms with E-state index in [1.165, 1.54) is 11.3 Å². The zero-order valence-electron chi connectivity index (χ0n) is 13.5. The van der Waals surface area contributed by atoms with Gasteiger partial charge in [0.1, 0.15) is 6.54 Å². The first kappa shape index (κ1) is 16.2. The number of carbonyl (C=O) groups is 3. The molecular formula is C19H13N3O3S. The number of nitrogens with one attached hydrogen (secondary N) is 1. The fourth-order valence-electron chi connectivity index (χ4n) is 2.76. The van der Waals surface area contributed by atoms with Crippen molar-refractivity contribution in [2.24, 2.45) is 0 Å². The van der Waals surface area contributed by atoms with Gasteiger partial charge in [0.25, 0.3) is 11.8 Å². The van der Waals surface area contributed by atoms with Crippen molar-refractivity contribution in [2.75, 3.05) is 11.9 Å². The van der Waals surface area contributed by atoms with Crippen LogP contribution in [0.3, 0.4) is 0 Å². The Morgan fingerprint density at radius 3 is 2.23 bits per heavy atom. The molecule has 0 saturated carbocycles. The molecule has 1 aliphatic rings. The number of thiazole rings is 1. The normalized spacial score (nSPS) is 13.0. The van der Waals surface area contributed by atoms with E-state index in [-0.39, 0.29) is 6.54 Å². The Bertz CT molecular complexity index is 979. The third kappa shape index (κ3) is 2.89. The molecular weight excluding hydrogens is 350 g/mol. The summed E-state index contributed by atoms with van der Waals surface area (Å²) >= 11 is 1.29. The summed E-state index contributed by atoms with van der Waals surface area (Å²) in [5.41, 5.74) is 2.35. The first-order chi connectivity index (χ1) is 12.6. The third-order valence-electron chi connectivity index (χ3n) is 4.00. The minimum atomic E-state index is -0.464. The van der Waals surface area contributed by atoms with Gasteiger partial charge < -0.3 is 5.32 Å². The number of benzene rings is 2. The number of rotatable bonds is 4. The van der Waals surface area contributed by atoms with Crippen LogP contribution in [0.1, 0.15) is 20.7 Å². The lowest BCUT2D eigenvalue weighted by molar-refractivity contribution is -0.116. The van der Waals surface area contributed by atoms with Crippen LogP contribution in [0.2, 0.25) is 0 Å². The van der Waals surface area contributed by atoms with Gasteiger partial charge in [-0.25, -0.2) is 4.98 Å². The summed E-state index contributed by atoms with van der Waals surface area (Å²) in [6, 6.07) is 16.1. The van der Waals surface area contributed by atoms with E-state index in [1.54, 1.807) is 24.3 Å². The molecule has 1 aliphatic heterocycles. The predicted octanol–water partition coefficient (Wildman–Crippen LogP) is 3.04. The summed E-state index contributed by atoms with van der Waals surface area (Å²) in [5.74, 6) is -1.37. The molecule has 7 heteroatoms. The second kappa shape index (κ2) is 6.53. The van der Waals surface area contributed by atoms with Crippen molar-refractivity contribution >= 4 is 34.2 Å². The molecule has 128 valence electrons. The minimum absolute atomic E-state index is 0.325. The largest absolute Gasteiger partial charge is 0.300 e. The second-order valence-electron chi connectivity index (χ2n) is 5.69. The average molecular weight is 363 g/mol. The van der Waals surface area contributed by atoms with E-state index in [1.807, 2.05) is 35.7 Å². The molecule has 0 spiro atoms. The molecule has 2 aromatic carbocycles. The number of nitrogens with zero attached hydrogens (tertiary/aromatic N) is 2. The van der Waals surface area contributed by atoms with Gasteiger partial charge in [0, 0.05) is 10.9 Å². The molecule has 0 saturated heterocycles. The van der Waals surface area contributed by atoms with Crippen LogP contribution in [0, 0.1) is 0 Å². The van der Waals surface area contributed by atoms with Crippen LogP contribution in [0.5, 0.6) is 0 Å². The van der Waals surface area contributed by atoms with Crippen LogP contribution >= 0.6 is 11.3 Å². The molecule has 0 fully saturated rings. The zero-order valence-corrected chi connectivity index (χ0v) is 14.3. The van der Waals surface area contributed by atoms with E-state index in [0.717, 1.165) is 16.2 Å². The zero-order chi connectivity index (χ0) is 18.1. The quantitative estimate of drug-likeness (QED) is 0.723. The van der Waals surface area contributed by atoms with Gasteiger partial charge in [-0.15, -0.1) is 11.3 Å². The highest BCUT2D eigenvalue weighted by atomic mass is 32.1. The first-order valence-corrected chi connectivity index (χ1v) is 8.77. The Labute approximate surface area is 153 Å². The van der Waals surface area contributed by atoms with Gasteiger partial charge >= 0.3 is 0 Å².